The molecule has 2 aromatic carbocycles. The Morgan fingerprint density at radius 2 is 2.05 bits per heavy atom. The van der Waals surface area contributed by atoms with Gasteiger partial charge >= 0.3 is 0 Å². The molecule has 5 aromatic rings. The first-order valence-corrected chi connectivity index (χ1v) is 13.0. The Morgan fingerprint density at radius 1 is 1.20 bits per heavy atom. The van der Waals surface area contributed by atoms with E-state index in [2.05, 4.69) is 31.2 Å². The maximum absolute atomic E-state index is 14.2. The van der Waals surface area contributed by atoms with Crippen LogP contribution in [0.25, 0.3) is 16.9 Å². The minimum Gasteiger partial charge on any atom is -0.487 e. The van der Waals surface area contributed by atoms with E-state index in [0.717, 1.165) is 23.0 Å². The predicted molar refractivity (Wildman–Crippen MR) is 144 cm³/mol. The molecule has 1 amide bonds. The Morgan fingerprint density at radius 3 is 2.90 bits per heavy atom. The smallest absolute Gasteiger partial charge is 0.277 e. The Kier molecular flexibility index (Phi) is 6.68. The lowest BCUT2D eigenvalue weighted by molar-refractivity contribution is -0.0773. The van der Waals surface area contributed by atoms with Gasteiger partial charge in [0.2, 0.25) is 0 Å². The van der Waals surface area contributed by atoms with Crippen molar-refractivity contribution in [2.24, 2.45) is 0 Å². The topological polar surface area (TPSA) is 113 Å². The monoisotopic (exact) mass is 609 g/mol. The van der Waals surface area contributed by atoms with E-state index in [-0.39, 0.29) is 53.1 Å². The molecular weight excluding hydrogens is 588 g/mol. The minimum atomic E-state index is -0.912. The molecule has 0 spiro atoms. The standard InChI is InChI=1S/C27H22BrF2N7O3/c1-15-5-6-23-32-17(10-35(23)9-15)13-39-19-4-2-3-16(7-19)27(38)37-11-18(14-40-37)36-12-22(33-34-36)20-8-21(29)24(28)25(30)26(20)31/h2-10,12,18H,11,13-14,31H2,1H3/t18-/m1/s1. The van der Waals surface area contributed by atoms with Gasteiger partial charge in [0.25, 0.3) is 5.91 Å². The highest BCUT2D eigenvalue weighted by atomic mass is 79.9. The summed E-state index contributed by atoms with van der Waals surface area (Å²) in [4.78, 5) is 23.3. The lowest BCUT2D eigenvalue weighted by Crippen LogP contribution is -2.28. The van der Waals surface area contributed by atoms with Gasteiger partial charge in [-0.25, -0.2) is 23.5 Å². The maximum Gasteiger partial charge on any atom is 0.277 e. The summed E-state index contributed by atoms with van der Waals surface area (Å²) in [5.41, 5.74) is 8.94. The van der Waals surface area contributed by atoms with E-state index in [0.29, 0.717) is 11.3 Å². The number of hydrogen-bond donors (Lipinski definition) is 1. The van der Waals surface area contributed by atoms with Crippen molar-refractivity contribution < 1.29 is 23.1 Å². The van der Waals surface area contributed by atoms with E-state index in [4.69, 9.17) is 15.3 Å². The molecule has 0 radical (unpaired) electrons. The molecular formula is C27H22BrF2N7O3. The van der Waals surface area contributed by atoms with Crippen LogP contribution < -0.4 is 10.5 Å². The molecule has 0 saturated carbocycles. The Balaban J connectivity index is 1.11. The number of rotatable bonds is 6. The van der Waals surface area contributed by atoms with Crippen LogP contribution in [0.2, 0.25) is 0 Å². The van der Waals surface area contributed by atoms with Crippen LogP contribution in [0.4, 0.5) is 14.5 Å². The second-order valence-corrected chi connectivity index (χ2v) is 10.2. The Hall–Kier alpha value is -4.36. The van der Waals surface area contributed by atoms with E-state index in [1.54, 1.807) is 24.3 Å². The van der Waals surface area contributed by atoms with Crippen LogP contribution in [0, 0.1) is 18.6 Å². The first-order chi connectivity index (χ1) is 19.3. The molecule has 1 aliphatic rings. The van der Waals surface area contributed by atoms with Crippen molar-refractivity contribution >= 4 is 33.2 Å². The molecule has 2 N–H and O–H groups in total. The van der Waals surface area contributed by atoms with Gasteiger partial charge in [-0.2, -0.15) is 0 Å². The van der Waals surface area contributed by atoms with Crippen LogP contribution >= 0.6 is 15.9 Å². The highest BCUT2D eigenvalue weighted by molar-refractivity contribution is 9.10. The molecule has 13 heteroatoms. The summed E-state index contributed by atoms with van der Waals surface area (Å²) >= 11 is 2.83. The van der Waals surface area contributed by atoms with Gasteiger partial charge < -0.3 is 14.9 Å². The van der Waals surface area contributed by atoms with Crippen molar-refractivity contribution in [3.8, 4) is 17.0 Å². The molecule has 1 atom stereocenters. The number of carbonyl (C=O) groups is 1. The zero-order valence-electron chi connectivity index (χ0n) is 21.1. The number of anilines is 1. The maximum atomic E-state index is 14.2. The second-order valence-electron chi connectivity index (χ2n) is 9.37. The zero-order valence-corrected chi connectivity index (χ0v) is 22.7. The van der Waals surface area contributed by atoms with Gasteiger partial charge in [-0.15, -0.1) is 5.10 Å². The van der Waals surface area contributed by atoms with Crippen LogP contribution in [0.15, 0.2) is 65.5 Å². The van der Waals surface area contributed by atoms with Gasteiger partial charge in [0.05, 0.1) is 41.2 Å². The van der Waals surface area contributed by atoms with Crippen LogP contribution in [-0.4, -0.2) is 48.5 Å². The van der Waals surface area contributed by atoms with Gasteiger partial charge in [0.15, 0.2) is 5.82 Å². The number of benzene rings is 2. The van der Waals surface area contributed by atoms with Crippen LogP contribution in [0.1, 0.15) is 27.7 Å². The average Bonchev–Trinajstić information content (AvgIpc) is 3.72. The number of carbonyl (C=O) groups excluding carboxylic acids is 1. The van der Waals surface area contributed by atoms with E-state index < -0.39 is 11.6 Å². The number of aryl methyl sites for hydroxylation is 1. The third-order valence-electron chi connectivity index (χ3n) is 6.50. The van der Waals surface area contributed by atoms with Gasteiger partial charge in [0.1, 0.15) is 29.5 Å². The van der Waals surface area contributed by atoms with Gasteiger partial charge in [-0.05, 0) is 58.7 Å². The van der Waals surface area contributed by atoms with Crippen molar-refractivity contribution in [1.29, 1.82) is 0 Å². The molecule has 3 aromatic heterocycles. The van der Waals surface area contributed by atoms with Crippen molar-refractivity contribution in [1.82, 2.24) is 29.4 Å². The third kappa shape index (κ3) is 4.89. The summed E-state index contributed by atoms with van der Waals surface area (Å²) in [5, 5.41) is 9.31. The number of amides is 1. The van der Waals surface area contributed by atoms with Crippen molar-refractivity contribution in [2.45, 2.75) is 19.6 Å². The number of hydrogen-bond acceptors (Lipinski definition) is 7. The molecule has 0 aliphatic carbocycles. The summed E-state index contributed by atoms with van der Waals surface area (Å²) in [6.07, 6.45) is 5.41. The number of ether oxygens (including phenoxy) is 1. The number of halogens is 3. The number of nitrogens with zero attached hydrogens (tertiary/aromatic N) is 6. The van der Waals surface area contributed by atoms with Gasteiger partial charge in [-0.1, -0.05) is 17.3 Å². The first-order valence-electron chi connectivity index (χ1n) is 12.2. The largest absolute Gasteiger partial charge is 0.487 e. The number of hydroxylamine groups is 2. The fourth-order valence-electron chi connectivity index (χ4n) is 4.42. The molecule has 4 heterocycles. The fraction of sp³-hybridized carbons (Fsp3) is 0.185. The van der Waals surface area contributed by atoms with E-state index in [1.165, 1.54) is 15.9 Å². The normalized spacial score (nSPS) is 15.2. The second kappa shape index (κ2) is 10.3. The Labute approximate surface area is 235 Å². The van der Waals surface area contributed by atoms with Gasteiger partial charge in [-0.3, -0.25) is 9.63 Å². The molecule has 0 bridgehead atoms. The summed E-state index contributed by atoms with van der Waals surface area (Å²) in [7, 11) is 0. The quantitative estimate of drug-likeness (QED) is 0.219. The minimum absolute atomic E-state index is 0.0758. The molecule has 1 saturated heterocycles. The number of fused-ring (bicyclic) bond motifs is 1. The van der Waals surface area contributed by atoms with E-state index >= 15 is 0 Å². The molecule has 1 aliphatic heterocycles. The van der Waals surface area contributed by atoms with Crippen molar-refractivity contribution in [2.75, 3.05) is 18.9 Å². The summed E-state index contributed by atoms with van der Waals surface area (Å²) in [5.74, 6) is -1.55. The van der Waals surface area contributed by atoms with Crippen molar-refractivity contribution in [3.05, 3.63) is 94.0 Å². The summed E-state index contributed by atoms with van der Waals surface area (Å²) < 4.78 is 37.3. The summed E-state index contributed by atoms with van der Waals surface area (Å²) in [6.45, 7) is 2.59. The van der Waals surface area contributed by atoms with Crippen LogP contribution in [0.5, 0.6) is 5.75 Å². The number of pyridine rings is 1. The fourth-order valence-corrected chi connectivity index (χ4v) is 4.75. The number of imidazole rings is 1. The molecule has 6 rings (SSSR count). The first kappa shape index (κ1) is 25.9. The zero-order chi connectivity index (χ0) is 28.0. The molecule has 1 fully saturated rings. The van der Waals surface area contributed by atoms with Crippen LogP contribution in [-0.2, 0) is 11.4 Å². The number of aromatic nitrogens is 5. The molecule has 10 nitrogen and oxygen atoms in total. The highest BCUT2D eigenvalue weighted by Gasteiger charge is 2.31. The predicted octanol–water partition coefficient (Wildman–Crippen LogP) is 4.73. The number of nitrogens with two attached hydrogens (primary N) is 1. The highest BCUT2D eigenvalue weighted by Crippen LogP contribution is 2.34. The molecule has 40 heavy (non-hydrogen) atoms. The SMILES string of the molecule is Cc1ccc2nc(COc3cccc(C(=O)N4C[C@@H](n5cc(-c6cc(F)c(Br)c(F)c6N)nn5)CO4)c3)cn2c1. The number of nitrogen functional groups attached to an aromatic ring is 1. The van der Waals surface area contributed by atoms with E-state index in [1.807, 2.05) is 35.9 Å². The molecule has 204 valence electrons. The summed E-state index contributed by atoms with van der Waals surface area (Å²) in [6, 6.07) is 11.5. The molecule has 0 unspecified atom stereocenters. The van der Waals surface area contributed by atoms with E-state index in [9.17, 15) is 13.6 Å². The lowest BCUT2D eigenvalue weighted by atomic mass is 10.1. The third-order valence-corrected chi connectivity index (χ3v) is 7.23. The lowest BCUT2D eigenvalue weighted by Gasteiger charge is -2.15. The Bertz CT molecular complexity index is 1760. The average molecular weight is 610 g/mol. The van der Waals surface area contributed by atoms with Gasteiger partial charge in [0, 0.05) is 23.5 Å². The van der Waals surface area contributed by atoms with Crippen molar-refractivity contribution in [3.63, 3.8) is 0 Å². The van der Waals surface area contributed by atoms with Crippen LogP contribution in [0.3, 0.4) is 0 Å².